The van der Waals surface area contributed by atoms with Crippen molar-refractivity contribution in [2.24, 2.45) is 0 Å². The number of fused-ring (bicyclic) bond motifs is 1. The Hall–Kier alpha value is -2.02. The van der Waals surface area contributed by atoms with Crippen molar-refractivity contribution in [1.82, 2.24) is 10.1 Å². The molecule has 0 unspecified atom stereocenters. The van der Waals surface area contributed by atoms with E-state index >= 15 is 0 Å². The van der Waals surface area contributed by atoms with Crippen LogP contribution in [-0.2, 0) is 22.8 Å². The molecule has 134 valence electrons. The van der Waals surface area contributed by atoms with E-state index in [1.807, 2.05) is 43.3 Å². The molecule has 0 bridgehead atoms. The maximum Gasteiger partial charge on any atom is 0.236 e. The summed E-state index contributed by atoms with van der Waals surface area (Å²) in [5.41, 5.74) is 4.15. The van der Waals surface area contributed by atoms with Gasteiger partial charge in [-0.25, -0.2) is 0 Å². The fourth-order valence-electron chi connectivity index (χ4n) is 2.86. The molecule has 1 aliphatic heterocycles. The van der Waals surface area contributed by atoms with Crippen molar-refractivity contribution in [2.45, 2.75) is 25.0 Å². The van der Waals surface area contributed by atoms with Gasteiger partial charge in [0.05, 0.1) is 12.4 Å². The van der Waals surface area contributed by atoms with Crippen LogP contribution in [0.1, 0.15) is 22.6 Å². The monoisotopic (exact) mass is 388 g/mol. The van der Waals surface area contributed by atoms with Crippen LogP contribution in [0.5, 0.6) is 5.75 Å². The molecule has 7 heteroatoms. The molecule has 3 aromatic rings. The molecule has 26 heavy (non-hydrogen) atoms. The first-order chi connectivity index (χ1) is 12.7. The molecule has 0 saturated heterocycles. The molecule has 0 radical (unpaired) electrons. The van der Waals surface area contributed by atoms with Crippen LogP contribution in [-0.4, -0.2) is 16.9 Å². The molecule has 1 aliphatic rings. The smallest absolute Gasteiger partial charge is 0.236 e. The maximum absolute atomic E-state index is 6.20. The molecule has 5 nitrogen and oxygen atoms in total. The van der Waals surface area contributed by atoms with E-state index in [4.69, 9.17) is 25.6 Å². The second-order valence-electron chi connectivity index (χ2n) is 5.98. The number of aryl methyl sites for hydroxylation is 1. The number of hydrogen-bond acceptors (Lipinski definition) is 6. The van der Waals surface area contributed by atoms with Gasteiger partial charge in [0.2, 0.25) is 11.7 Å². The number of ether oxygens (including phenoxy) is 2. The third-order valence-corrected chi connectivity index (χ3v) is 5.27. The van der Waals surface area contributed by atoms with E-state index in [2.05, 4.69) is 10.1 Å². The Bertz CT molecular complexity index is 929. The predicted molar refractivity (Wildman–Crippen MR) is 101 cm³/mol. The Kier molecular flexibility index (Phi) is 5.15. The van der Waals surface area contributed by atoms with E-state index < -0.39 is 0 Å². The zero-order valence-corrected chi connectivity index (χ0v) is 15.8. The first-order valence-corrected chi connectivity index (χ1v) is 9.72. The van der Waals surface area contributed by atoms with Gasteiger partial charge in [-0.2, -0.15) is 4.98 Å². The zero-order valence-electron chi connectivity index (χ0n) is 14.2. The lowest BCUT2D eigenvalue weighted by Crippen LogP contribution is -2.12. The summed E-state index contributed by atoms with van der Waals surface area (Å²) in [6.45, 7) is 2.83. The Labute approximate surface area is 160 Å². The fourth-order valence-corrected chi connectivity index (χ4v) is 3.95. The van der Waals surface area contributed by atoms with Gasteiger partial charge in [0.1, 0.15) is 5.75 Å². The summed E-state index contributed by atoms with van der Waals surface area (Å²) >= 11 is 7.88. The molecule has 0 saturated carbocycles. The van der Waals surface area contributed by atoms with Crippen molar-refractivity contribution in [3.05, 3.63) is 64.0 Å². The molecule has 2 aromatic carbocycles. The Morgan fingerprint density at radius 1 is 1.19 bits per heavy atom. The van der Waals surface area contributed by atoms with Gasteiger partial charge in [-0.3, -0.25) is 0 Å². The Morgan fingerprint density at radius 3 is 2.96 bits per heavy atom. The van der Waals surface area contributed by atoms with Crippen LogP contribution in [0.25, 0.3) is 11.4 Å². The number of benzene rings is 2. The minimum Gasteiger partial charge on any atom is -0.467 e. The first-order valence-electron chi connectivity index (χ1n) is 8.19. The first kappa shape index (κ1) is 17.4. The number of thioether (sulfide) groups is 1. The van der Waals surface area contributed by atoms with Gasteiger partial charge in [0.15, 0.2) is 6.79 Å². The highest BCUT2D eigenvalue weighted by molar-refractivity contribution is 7.97. The lowest BCUT2D eigenvalue weighted by molar-refractivity contribution is -0.0168. The molecular formula is C19H17ClN2O3S. The predicted octanol–water partition coefficient (Wildman–Crippen LogP) is 5.00. The van der Waals surface area contributed by atoms with Gasteiger partial charge >= 0.3 is 0 Å². The topological polar surface area (TPSA) is 57.4 Å². The van der Waals surface area contributed by atoms with Gasteiger partial charge < -0.3 is 14.0 Å². The molecule has 0 aliphatic carbocycles. The SMILES string of the molecule is Cc1ccccc1-c1noc(CSCc2cc(Cl)cc3c2OCOC3)n1. The van der Waals surface area contributed by atoms with Crippen molar-refractivity contribution in [3.63, 3.8) is 0 Å². The molecule has 0 atom stereocenters. The molecule has 0 fully saturated rings. The van der Waals surface area contributed by atoms with E-state index in [0.717, 1.165) is 33.8 Å². The molecule has 4 rings (SSSR count). The van der Waals surface area contributed by atoms with Gasteiger partial charge in [-0.05, 0) is 24.6 Å². The van der Waals surface area contributed by atoms with Gasteiger partial charge in [0.25, 0.3) is 0 Å². The summed E-state index contributed by atoms with van der Waals surface area (Å²) in [5.74, 6) is 3.47. The molecule has 0 amide bonds. The van der Waals surface area contributed by atoms with Crippen molar-refractivity contribution in [1.29, 1.82) is 0 Å². The van der Waals surface area contributed by atoms with Crippen molar-refractivity contribution >= 4 is 23.4 Å². The summed E-state index contributed by atoms with van der Waals surface area (Å²) in [4.78, 5) is 4.50. The van der Waals surface area contributed by atoms with Crippen LogP contribution in [0.2, 0.25) is 5.02 Å². The number of aromatic nitrogens is 2. The van der Waals surface area contributed by atoms with E-state index in [-0.39, 0.29) is 6.79 Å². The average molecular weight is 389 g/mol. The lowest BCUT2D eigenvalue weighted by Gasteiger charge is -2.20. The highest BCUT2D eigenvalue weighted by Crippen LogP contribution is 2.34. The second kappa shape index (κ2) is 7.70. The van der Waals surface area contributed by atoms with E-state index in [9.17, 15) is 0 Å². The maximum atomic E-state index is 6.20. The Morgan fingerprint density at radius 2 is 2.08 bits per heavy atom. The third kappa shape index (κ3) is 3.72. The van der Waals surface area contributed by atoms with E-state index in [0.29, 0.717) is 29.1 Å². The van der Waals surface area contributed by atoms with Gasteiger partial charge in [-0.15, -0.1) is 11.8 Å². The number of halogens is 1. The standard InChI is InChI=1S/C19H17ClN2O3S/c1-12-4-2-3-5-16(12)19-21-17(25-22-19)10-26-9-14-7-15(20)6-13-8-23-11-24-18(13)14/h2-7H,8-11H2,1H3. The van der Waals surface area contributed by atoms with E-state index in [1.54, 1.807) is 11.8 Å². The van der Waals surface area contributed by atoms with E-state index in [1.165, 1.54) is 0 Å². The van der Waals surface area contributed by atoms with Crippen LogP contribution in [0.4, 0.5) is 0 Å². The second-order valence-corrected chi connectivity index (χ2v) is 7.41. The molecule has 2 heterocycles. The minimum absolute atomic E-state index is 0.274. The number of hydrogen-bond donors (Lipinski definition) is 0. The summed E-state index contributed by atoms with van der Waals surface area (Å²) in [7, 11) is 0. The lowest BCUT2D eigenvalue weighted by atomic mass is 10.1. The average Bonchev–Trinajstić information content (AvgIpc) is 3.10. The number of nitrogens with zero attached hydrogens (tertiary/aromatic N) is 2. The molecular weight excluding hydrogens is 372 g/mol. The Balaban J connectivity index is 1.43. The van der Waals surface area contributed by atoms with Gasteiger partial charge in [0, 0.05) is 27.5 Å². The molecule has 1 aromatic heterocycles. The van der Waals surface area contributed by atoms with Crippen LogP contribution in [0.3, 0.4) is 0 Å². The largest absolute Gasteiger partial charge is 0.467 e. The number of rotatable bonds is 5. The van der Waals surface area contributed by atoms with Crippen molar-refractivity contribution in [3.8, 4) is 17.1 Å². The zero-order chi connectivity index (χ0) is 17.9. The van der Waals surface area contributed by atoms with Crippen LogP contribution in [0, 0.1) is 6.92 Å². The summed E-state index contributed by atoms with van der Waals surface area (Å²) in [5, 5.41) is 4.78. The minimum atomic E-state index is 0.274. The van der Waals surface area contributed by atoms with Crippen molar-refractivity contribution in [2.75, 3.05) is 6.79 Å². The summed E-state index contributed by atoms with van der Waals surface area (Å²) < 4.78 is 16.3. The van der Waals surface area contributed by atoms with Crippen molar-refractivity contribution < 1.29 is 14.0 Å². The normalized spacial score (nSPS) is 13.3. The highest BCUT2D eigenvalue weighted by Gasteiger charge is 2.17. The third-order valence-electron chi connectivity index (χ3n) is 4.09. The molecule has 0 N–H and O–H groups in total. The van der Waals surface area contributed by atoms with Crippen LogP contribution < -0.4 is 4.74 Å². The van der Waals surface area contributed by atoms with Gasteiger partial charge in [-0.1, -0.05) is 41.0 Å². The highest BCUT2D eigenvalue weighted by atomic mass is 35.5. The summed E-state index contributed by atoms with van der Waals surface area (Å²) in [6, 6.07) is 11.8. The quantitative estimate of drug-likeness (QED) is 0.613. The fraction of sp³-hybridized carbons (Fsp3) is 0.263. The van der Waals surface area contributed by atoms with Crippen LogP contribution >= 0.6 is 23.4 Å². The summed E-state index contributed by atoms with van der Waals surface area (Å²) in [6.07, 6.45) is 0. The van der Waals surface area contributed by atoms with Crippen LogP contribution in [0.15, 0.2) is 40.9 Å². The molecule has 0 spiro atoms.